The Balaban J connectivity index is 2.68. The number of amides is 1. The van der Waals surface area contributed by atoms with E-state index in [1.807, 2.05) is 0 Å². The van der Waals surface area contributed by atoms with Crippen LogP contribution in [-0.4, -0.2) is 117 Å². The van der Waals surface area contributed by atoms with E-state index < -0.39 is 0 Å². The molecule has 1 amide bonds. The van der Waals surface area contributed by atoms with E-state index >= 15 is 0 Å². The maximum atomic E-state index is 14.1. The van der Waals surface area contributed by atoms with Crippen LogP contribution in [0.1, 0.15) is 272 Å². The summed E-state index contributed by atoms with van der Waals surface area (Å²) >= 11 is 1.56. The summed E-state index contributed by atoms with van der Waals surface area (Å²) in [5, 5.41) is 0.280. The van der Waals surface area contributed by atoms with Gasteiger partial charge in [-0.1, -0.05) is 181 Å². The molecule has 0 aromatic carbocycles. The lowest BCUT2D eigenvalue weighted by atomic mass is 9.98. The van der Waals surface area contributed by atoms with Gasteiger partial charge in [-0.3, -0.25) is 14.4 Å². The highest BCUT2D eigenvalue weighted by Gasteiger charge is 2.27. The summed E-state index contributed by atoms with van der Waals surface area (Å²) in [4.78, 5) is 44.2. The first-order chi connectivity index (χ1) is 34.8. The molecule has 1 rings (SSSR count). The molecule has 0 spiro atoms. The Morgan fingerprint density at radius 1 is 0.493 bits per heavy atom. The van der Waals surface area contributed by atoms with Crippen molar-refractivity contribution in [3.63, 3.8) is 0 Å². The first kappa shape index (κ1) is 67.6. The summed E-state index contributed by atoms with van der Waals surface area (Å²) in [6, 6.07) is 0.805. The third-order valence-corrected chi connectivity index (χ3v) is 15.0. The van der Waals surface area contributed by atoms with Crippen LogP contribution in [0.5, 0.6) is 0 Å². The monoisotopic (exact) mass is 1030 g/mol. The minimum atomic E-state index is -0.339. The minimum Gasteiger partial charge on any atom is -0.466 e. The number of hydrogen-bond acceptors (Lipinski definition) is 11. The summed E-state index contributed by atoms with van der Waals surface area (Å²) in [6.07, 6.45) is 37.7. The number of carbonyl (C=O) groups excluding carboxylic acids is 3. The Morgan fingerprint density at radius 2 is 0.873 bits per heavy atom. The summed E-state index contributed by atoms with van der Waals surface area (Å²) in [7, 11) is 2.24. The van der Waals surface area contributed by atoms with E-state index in [1.165, 1.54) is 44.9 Å². The largest absolute Gasteiger partial charge is 0.466 e. The van der Waals surface area contributed by atoms with E-state index in [0.717, 1.165) is 186 Å². The number of hydrogen-bond donors (Lipinski definition) is 0. The first-order valence-corrected chi connectivity index (χ1v) is 31.2. The van der Waals surface area contributed by atoms with Crippen molar-refractivity contribution < 1.29 is 42.8 Å². The molecule has 1 aliphatic rings. The van der Waals surface area contributed by atoms with Crippen LogP contribution >= 0.6 is 11.8 Å². The van der Waals surface area contributed by atoms with E-state index in [-0.39, 0.29) is 35.8 Å². The van der Waals surface area contributed by atoms with E-state index in [4.69, 9.17) is 28.4 Å². The Morgan fingerprint density at radius 3 is 1.30 bits per heavy atom. The molecule has 1 unspecified atom stereocenters. The molecule has 1 fully saturated rings. The molecule has 71 heavy (non-hydrogen) atoms. The van der Waals surface area contributed by atoms with Crippen LogP contribution in [0, 0.1) is 0 Å². The molecule has 0 aliphatic carbocycles. The molecule has 1 aliphatic heterocycles. The van der Waals surface area contributed by atoms with Gasteiger partial charge in [0, 0.05) is 63.7 Å². The van der Waals surface area contributed by atoms with Crippen molar-refractivity contribution >= 4 is 28.9 Å². The van der Waals surface area contributed by atoms with E-state index in [2.05, 4.69) is 51.5 Å². The molecular formula is C59H114N2O9S. The highest BCUT2D eigenvalue weighted by molar-refractivity contribution is 8.13. The molecular weight excluding hydrogens is 913 g/mol. The lowest BCUT2D eigenvalue weighted by Crippen LogP contribution is -2.41. The Hall–Kier alpha value is -1.44. The van der Waals surface area contributed by atoms with Crippen LogP contribution in [0.2, 0.25) is 0 Å². The van der Waals surface area contributed by atoms with Crippen LogP contribution < -0.4 is 0 Å². The number of nitrogens with zero attached hydrogens (tertiary/aromatic N) is 2. The van der Waals surface area contributed by atoms with Gasteiger partial charge in [0.1, 0.15) is 0 Å². The average Bonchev–Trinajstić information content (AvgIpc) is 3.79. The van der Waals surface area contributed by atoms with Gasteiger partial charge in [-0.25, -0.2) is 0 Å². The fourth-order valence-electron chi connectivity index (χ4n) is 9.35. The van der Waals surface area contributed by atoms with Crippen molar-refractivity contribution in [1.29, 1.82) is 0 Å². The summed E-state index contributed by atoms with van der Waals surface area (Å²) in [5.74, 6) is 0.578. The van der Waals surface area contributed by atoms with Gasteiger partial charge < -0.3 is 38.2 Å². The third kappa shape index (κ3) is 40.5. The van der Waals surface area contributed by atoms with Crippen LogP contribution in [-0.2, 0) is 38.0 Å². The predicted octanol–water partition coefficient (Wildman–Crippen LogP) is 16.2. The predicted molar refractivity (Wildman–Crippen MR) is 297 cm³/mol. The van der Waals surface area contributed by atoms with Crippen molar-refractivity contribution in [3.05, 3.63) is 0 Å². The van der Waals surface area contributed by atoms with E-state index in [9.17, 15) is 14.4 Å². The van der Waals surface area contributed by atoms with Crippen molar-refractivity contribution in [2.45, 2.75) is 297 Å². The third-order valence-electron chi connectivity index (χ3n) is 14.0. The Kier molecular flexibility index (Phi) is 48.3. The van der Waals surface area contributed by atoms with Gasteiger partial charge >= 0.3 is 11.9 Å². The SMILES string of the molecule is CCCCCCCCSC(=O)N(CCC1CCCN1C)C(CCCCCCCOC(=O)CCC(OCCCCC)OCCCCC)CCCCCCCOC(=O)CCC(OCCCCC)OCCCCC. The summed E-state index contributed by atoms with van der Waals surface area (Å²) < 4.78 is 35.2. The number of ether oxygens (including phenoxy) is 6. The number of unbranched alkanes of at least 4 members (excludes halogenated alkanes) is 21. The topological polar surface area (TPSA) is 113 Å². The highest BCUT2D eigenvalue weighted by atomic mass is 32.2. The van der Waals surface area contributed by atoms with E-state index in [1.54, 1.807) is 11.8 Å². The zero-order chi connectivity index (χ0) is 51.7. The minimum absolute atomic E-state index is 0.166. The zero-order valence-corrected chi connectivity index (χ0v) is 48.1. The molecule has 0 bridgehead atoms. The molecule has 11 nitrogen and oxygen atoms in total. The van der Waals surface area contributed by atoms with Gasteiger partial charge in [-0.15, -0.1) is 0 Å². The Bertz CT molecular complexity index is 1120. The maximum Gasteiger partial charge on any atom is 0.305 e. The molecule has 0 radical (unpaired) electrons. The van der Waals surface area contributed by atoms with Gasteiger partial charge in [0.05, 0.1) is 26.1 Å². The smallest absolute Gasteiger partial charge is 0.305 e. The fourth-order valence-corrected chi connectivity index (χ4v) is 10.3. The molecule has 0 N–H and O–H groups in total. The van der Waals surface area contributed by atoms with Crippen LogP contribution in [0.3, 0.4) is 0 Å². The summed E-state index contributed by atoms with van der Waals surface area (Å²) in [5.41, 5.74) is 0. The molecule has 420 valence electrons. The molecule has 1 saturated heterocycles. The van der Waals surface area contributed by atoms with Crippen molar-refractivity contribution in [1.82, 2.24) is 9.80 Å². The van der Waals surface area contributed by atoms with Crippen molar-refractivity contribution in [3.8, 4) is 0 Å². The standard InChI is InChI=1S/C59H114N2O9S/c1-7-12-17-18-25-34-52-71-59(64)61(45-43-53-38-35-44-60(53)6)54(36-26-21-19-23-32-46-65-55(62)39-41-57(67-48-28-13-8-2)68-49-29-14-9-3)37-27-22-20-24-33-47-66-56(63)40-42-58(69-50-30-15-10-4)70-51-31-16-11-5/h53-54,57-58H,7-52H2,1-6H3. The molecule has 1 atom stereocenters. The second-order valence-electron chi connectivity index (χ2n) is 20.6. The van der Waals surface area contributed by atoms with Crippen molar-refractivity contribution in [2.75, 3.05) is 65.5 Å². The molecule has 0 aromatic rings. The lowest BCUT2D eigenvalue weighted by Gasteiger charge is -2.33. The zero-order valence-electron chi connectivity index (χ0n) is 47.3. The molecule has 1 heterocycles. The maximum absolute atomic E-state index is 14.1. The van der Waals surface area contributed by atoms with Crippen LogP contribution in [0.15, 0.2) is 0 Å². The van der Waals surface area contributed by atoms with Gasteiger partial charge in [0.25, 0.3) is 5.24 Å². The van der Waals surface area contributed by atoms with E-state index in [0.29, 0.717) is 71.4 Å². The second kappa shape index (κ2) is 50.7. The van der Waals surface area contributed by atoms with Gasteiger partial charge in [0.2, 0.25) is 0 Å². The van der Waals surface area contributed by atoms with Gasteiger partial charge in [-0.2, -0.15) is 0 Å². The highest BCUT2D eigenvalue weighted by Crippen LogP contribution is 2.26. The number of esters is 2. The first-order valence-electron chi connectivity index (χ1n) is 30.2. The number of carbonyl (C=O) groups is 3. The normalized spacial score (nSPS) is 14.1. The number of rotatable bonds is 53. The summed E-state index contributed by atoms with van der Waals surface area (Å²) in [6.45, 7) is 16.6. The molecule has 12 heteroatoms. The van der Waals surface area contributed by atoms with Crippen LogP contribution in [0.25, 0.3) is 0 Å². The average molecular weight is 1030 g/mol. The number of thioether (sulfide) groups is 1. The van der Waals surface area contributed by atoms with Gasteiger partial charge in [-0.05, 0) is 90.6 Å². The molecule has 0 saturated carbocycles. The Labute approximate surface area is 442 Å². The second-order valence-corrected chi connectivity index (χ2v) is 21.6. The van der Waals surface area contributed by atoms with Gasteiger partial charge in [0.15, 0.2) is 12.6 Å². The quantitative estimate of drug-likeness (QED) is 0.0330. The molecule has 0 aromatic heterocycles. The van der Waals surface area contributed by atoms with Crippen molar-refractivity contribution in [2.24, 2.45) is 0 Å². The van der Waals surface area contributed by atoms with Crippen LogP contribution in [0.4, 0.5) is 4.79 Å². The number of likely N-dealkylation sites (tertiary alicyclic amines) is 1. The lowest BCUT2D eigenvalue weighted by molar-refractivity contribution is -0.159. The fraction of sp³-hybridized carbons (Fsp3) is 0.949.